The van der Waals surface area contributed by atoms with Gasteiger partial charge in [-0.25, -0.2) is 0 Å². The van der Waals surface area contributed by atoms with E-state index in [4.69, 9.17) is 27.9 Å². The van der Waals surface area contributed by atoms with Crippen LogP contribution in [0.2, 0.25) is 0 Å². The molecule has 2 aromatic rings. The van der Waals surface area contributed by atoms with E-state index in [1.807, 2.05) is 79.7 Å². The Morgan fingerprint density at radius 1 is 0.455 bits per heavy atom. The van der Waals surface area contributed by atoms with E-state index in [0.717, 1.165) is 20.6 Å². The van der Waals surface area contributed by atoms with Crippen LogP contribution in [0.3, 0.4) is 0 Å². The molecule has 0 radical (unpaired) electrons. The molecule has 242 valence electrons. The van der Waals surface area contributed by atoms with Gasteiger partial charge >= 0.3 is 21.1 Å². The van der Waals surface area contributed by atoms with Crippen LogP contribution in [0, 0.1) is 0 Å². The number of halogens is 3. The fourth-order valence-corrected chi connectivity index (χ4v) is 5.34. The largest absolute Gasteiger partial charge is 0.488 e. The molecule has 44 heavy (non-hydrogen) atoms. The van der Waals surface area contributed by atoms with Gasteiger partial charge in [-0.2, -0.15) is 0 Å². The lowest BCUT2D eigenvalue weighted by molar-refractivity contribution is 0.00578. The van der Waals surface area contributed by atoms with E-state index in [2.05, 4.69) is 99.8 Å². The van der Waals surface area contributed by atoms with Gasteiger partial charge in [0.05, 0.1) is 33.6 Å². The fraction of sp³-hybridized carbons (Fsp3) is 0.625. The summed E-state index contributed by atoms with van der Waals surface area (Å²) in [7, 11) is -1.10. The van der Waals surface area contributed by atoms with Crippen LogP contribution in [-0.2, 0) is 39.6 Å². The highest BCUT2D eigenvalue weighted by atomic mass is 79.9. The molecule has 3 fully saturated rings. The molecule has 0 bridgehead atoms. The van der Waals surface area contributed by atoms with Crippen LogP contribution >= 0.6 is 47.8 Å². The Bertz CT molecular complexity index is 1150. The SMILES string of the molecule is BrCc1ccc(Br)cc1.CC1(C)OB(B2OC(C)(C)C(C)(C)O2)OC1(C)C.CC1(C)OB(Cc2ccc(Br)cc2)OC1(C)C. The molecule has 0 atom stereocenters. The highest BCUT2D eigenvalue weighted by molar-refractivity contribution is 9.10. The fourth-order valence-electron chi connectivity index (χ4n) is 4.43. The van der Waals surface area contributed by atoms with Crippen molar-refractivity contribution in [2.24, 2.45) is 0 Å². The van der Waals surface area contributed by atoms with Gasteiger partial charge in [-0.3, -0.25) is 0 Å². The van der Waals surface area contributed by atoms with Crippen molar-refractivity contribution in [3.63, 3.8) is 0 Å². The van der Waals surface area contributed by atoms with Crippen molar-refractivity contribution >= 4 is 68.9 Å². The Balaban J connectivity index is 0.000000190. The topological polar surface area (TPSA) is 55.4 Å². The highest BCUT2D eigenvalue weighted by Crippen LogP contribution is 2.43. The maximum absolute atomic E-state index is 5.96. The van der Waals surface area contributed by atoms with Gasteiger partial charge < -0.3 is 27.9 Å². The Hall–Kier alpha value is -0.165. The van der Waals surface area contributed by atoms with Gasteiger partial charge in [0.1, 0.15) is 0 Å². The first-order valence-electron chi connectivity index (χ1n) is 15.1. The lowest BCUT2D eigenvalue weighted by Gasteiger charge is -2.32. The van der Waals surface area contributed by atoms with Crippen molar-refractivity contribution in [1.82, 2.24) is 0 Å². The van der Waals surface area contributed by atoms with Gasteiger partial charge in [0.2, 0.25) is 0 Å². The van der Waals surface area contributed by atoms with Crippen molar-refractivity contribution in [2.45, 2.75) is 128 Å². The van der Waals surface area contributed by atoms with Crippen LogP contribution in [-0.4, -0.2) is 54.7 Å². The zero-order chi connectivity index (χ0) is 33.4. The second kappa shape index (κ2) is 14.1. The molecular weight excluding hydrogens is 752 g/mol. The number of hydrogen-bond donors (Lipinski definition) is 0. The summed E-state index contributed by atoms with van der Waals surface area (Å²) in [6.45, 7) is 24.5. The van der Waals surface area contributed by atoms with Gasteiger partial charge in [-0.15, -0.1) is 0 Å². The molecule has 5 rings (SSSR count). The quantitative estimate of drug-likeness (QED) is 0.227. The van der Waals surface area contributed by atoms with E-state index in [1.165, 1.54) is 11.1 Å². The average molecular weight is 801 g/mol. The maximum Gasteiger partial charge on any atom is 0.488 e. The summed E-state index contributed by atoms with van der Waals surface area (Å²) < 4.78 is 38.0. The number of benzene rings is 2. The molecule has 2 aromatic carbocycles. The summed E-state index contributed by atoms with van der Waals surface area (Å²) in [4.78, 5) is 0. The van der Waals surface area contributed by atoms with Gasteiger partial charge in [0.15, 0.2) is 0 Å². The number of hydrogen-bond acceptors (Lipinski definition) is 6. The molecule has 3 aliphatic heterocycles. The summed E-state index contributed by atoms with van der Waals surface area (Å²) in [6.07, 6.45) is 0.792. The molecule has 6 nitrogen and oxygen atoms in total. The standard InChI is InChI=1S/C13H18BBrO2.C12H24B2O4.C7H6Br2/c1-12(2)13(3,4)17-14(16-12)9-10-5-7-11(15)8-6-10;1-9(2)10(3,4)16-13(15-9)14-17-11(5,6)12(7,8)18-14;8-5-6-1-3-7(9)4-2-6/h5-8H,9H2,1-4H3;1-8H3;1-4H,5H2. The Morgan fingerprint density at radius 3 is 1.02 bits per heavy atom. The third-order valence-electron chi connectivity index (χ3n) is 9.45. The molecule has 3 aliphatic rings. The summed E-state index contributed by atoms with van der Waals surface area (Å²) in [6, 6.07) is 16.5. The van der Waals surface area contributed by atoms with Gasteiger partial charge in [0.25, 0.3) is 0 Å². The molecule has 12 heteroatoms. The summed E-state index contributed by atoms with van der Waals surface area (Å²) in [5.74, 6) is 0. The van der Waals surface area contributed by atoms with Gasteiger partial charge in [-0.05, 0) is 118 Å². The van der Waals surface area contributed by atoms with Crippen LogP contribution in [0.25, 0.3) is 0 Å². The molecule has 0 aliphatic carbocycles. The Morgan fingerprint density at radius 2 is 0.727 bits per heavy atom. The average Bonchev–Trinajstić information content (AvgIpc) is 3.35. The lowest BCUT2D eigenvalue weighted by Crippen LogP contribution is -2.41. The van der Waals surface area contributed by atoms with E-state index < -0.39 is 14.0 Å². The predicted molar refractivity (Wildman–Crippen MR) is 193 cm³/mol. The first kappa shape index (κ1) is 38.3. The minimum absolute atomic E-state index is 0.152. The third kappa shape index (κ3) is 9.25. The van der Waals surface area contributed by atoms with Crippen molar-refractivity contribution in [3.8, 4) is 0 Å². The predicted octanol–water partition coefficient (Wildman–Crippen LogP) is 9.22. The number of alkyl halides is 1. The van der Waals surface area contributed by atoms with E-state index in [1.54, 1.807) is 0 Å². The summed E-state index contributed by atoms with van der Waals surface area (Å²) >= 11 is 10.2. The molecule has 3 saturated heterocycles. The highest BCUT2D eigenvalue weighted by Gasteiger charge is 2.63. The second-order valence-electron chi connectivity index (χ2n) is 14.5. The first-order valence-corrected chi connectivity index (χ1v) is 17.8. The molecular formula is C32H48B3Br3O6. The molecule has 0 saturated carbocycles. The van der Waals surface area contributed by atoms with Gasteiger partial charge in [-0.1, -0.05) is 72.1 Å². The normalized spacial score (nSPS) is 23.5. The van der Waals surface area contributed by atoms with Crippen LogP contribution in [0.5, 0.6) is 0 Å². The zero-order valence-electron chi connectivity index (χ0n) is 28.3. The van der Waals surface area contributed by atoms with Crippen LogP contribution in [0.1, 0.15) is 94.2 Å². The molecule has 0 unspecified atom stereocenters. The smallest absolute Gasteiger partial charge is 0.405 e. The zero-order valence-corrected chi connectivity index (χ0v) is 33.1. The molecule has 0 N–H and O–H groups in total. The van der Waals surface area contributed by atoms with E-state index in [-0.39, 0.29) is 40.7 Å². The monoisotopic (exact) mass is 798 g/mol. The van der Waals surface area contributed by atoms with Crippen molar-refractivity contribution in [3.05, 3.63) is 68.6 Å². The summed E-state index contributed by atoms with van der Waals surface area (Å²) in [5.41, 5.74) is 0.607. The van der Waals surface area contributed by atoms with E-state index in [9.17, 15) is 0 Å². The molecule has 0 spiro atoms. The van der Waals surface area contributed by atoms with Gasteiger partial charge in [0, 0.05) is 20.6 Å². The van der Waals surface area contributed by atoms with E-state index in [0.29, 0.717) is 0 Å². The molecule has 0 aromatic heterocycles. The van der Waals surface area contributed by atoms with Crippen molar-refractivity contribution in [1.29, 1.82) is 0 Å². The molecule has 3 heterocycles. The first-order chi connectivity index (χ1) is 20.0. The van der Waals surface area contributed by atoms with Crippen molar-refractivity contribution < 1.29 is 27.9 Å². The van der Waals surface area contributed by atoms with Crippen molar-refractivity contribution in [2.75, 3.05) is 0 Å². The minimum atomic E-state index is -0.476. The Kier molecular flexibility index (Phi) is 12.3. The Labute approximate surface area is 292 Å². The summed E-state index contributed by atoms with van der Waals surface area (Å²) in [5, 5.41) is 0.931. The van der Waals surface area contributed by atoms with Crippen LogP contribution in [0.15, 0.2) is 57.5 Å². The van der Waals surface area contributed by atoms with Crippen LogP contribution < -0.4 is 0 Å². The maximum atomic E-state index is 5.96. The lowest BCUT2D eigenvalue weighted by atomic mass is 9.49. The van der Waals surface area contributed by atoms with Crippen LogP contribution in [0.4, 0.5) is 0 Å². The molecule has 0 amide bonds. The second-order valence-corrected chi connectivity index (χ2v) is 16.9. The third-order valence-corrected chi connectivity index (χ3v) is 11.2. The number of rotatable bonds is 4. The minimum Gasteiger partial charge on any atom is -0.405 e. The van der Waals surface area contributed by atoms with E-state index >= 15 is 0 Å².